The summed E-state index contributed by atoms with van der Waals surface area (Å²) in [5, 5.41) is 6.76. The van der Waals surface area contributed by atoms with Gasteiger partial charge in [-0.15, -0.1) is 0 Å². The Labute approximate surface area is 146 Å². The van der Waals surface area contributed by atoms with E-state index < -0.39 is 0 Å². The first-order chi connectivity index (χ1) is 11.0. The van der Waals surface area contributed by atoms with Crippen molar-refractivity contribution < 1.29 is 4.79 Å². The van der Waals surface area contributed by atoms with Crippen molar-refractivity contribution in [3.05, 3.63) is 28.7 Å². The Hall–Kier alpha value is -0.870. The van der Waals surface area contributed by atoms with E-state index in [1.165, 1.54) is 38.5 Å². The summed E-state index contributed by atoms with van der Waals surface area (Å²) in [5.41, 5.74) is 1.09. The fraction of sp³-hybridized carbons (Fsp3) is 0.632. The van der Waals surface area contributed by atoms with E-state index in [0.29, 0.717) is 0 Å². The molecule has 4 aliphatic rings. The van der Waals surface area contributed by atoms with Gasteiger partial charge in [0.05, 0.1) is 6.04 Å². The lowest BCUT2D eigenvalue weighted by molar-refractivity contribution is -0.119. The summed E-state index contributed by atoms with van der Waals surface area (Å²) in [4.78, 5) is 12.5. The standard InChI is InChI=1S/C19H25BrN2O/c1-12(18(23)21-17-4-2-16(20)3-5-17)22-19-9-13-6-14(10-19)8-15(7-13)11-19/h2-5,12-15,22H,6-11H2,1H3,(H,21,23)/t12-,13?,14?,15?,19?/m0/s1. The van der Waals surface area contributed by atoms with Crippen molar-refractivity contribution in [3.8, 4) is 0 Å². The van der Waals surface area contributed by atoms with Gasteiger partial charge in [0.15, 0.2) is 0 Å². The zero-order valence-electron chi connectivity index (χ0n) is 13.6. The van der Waals surface area contributed by atoms with E-state index in [-0.39, 0.29) is 17.5 Å². The van der Waals surface area contributed by atoms with Gasteiger partial charge in [0.25, 0.3) is 0 Å². The highest BCUT2D eigenvalue weighted by Gasteiger charge is 2.51. The van der Waals surface area contributed by atoms with Crippen LogP contribution in [0.1, 0.15) is 45.4 Å². The smallest absolute Gasteiger partial charge is 0.241 e. The molecule has 1 aromatic carbocycles. The second-order valence-electron chi connectivity index (χ2n) is 8.06. The Morgan fingerprint density at radius 2 is 1.61 bits per heavy atom. The summed E-state index contributed by atoms with van der Waals surface area (Å²) in [7, 11) is 0. The zero-order valence-corrected chi connectivity index (χ0v) is 15.2. The first-order valence-electron chi connectivity index (χ1n) is 8.85. The van der Waals surface area contributed by atoms with Crippen molar-refractivity contribution in [2.24, 2.45) is 17.8 Å². The van der Waals surface area contributed by atoms with Crippen LogP contribution in [-0.4, -0.2) is 17.5 Å². The van der Waals surface area contributed by atoms with E-state index in [0.717, 1.165) is 27.9 Å². The number of benzene rings is 1. The molecule has 4 aliphatic carbocycles. The minimum absolute atomic E-state index is 0.0723. The highest BCUT2D eigenvalue weighted by molar-refractivity contribution is 9.10. The fourth-order valence-corrected chi connectivity index (χ4v) is 5.86. The third kappa shape index (κ3) is 3.20. The highest BCUT2D eigenvalue weighted by Crippen LogP contribution is 2.55. The van der Waals surface area contributed by atoms with Gasteiger partial charge >= 0.3 is 0 Å². The third-order valence-corrected chi connectivity index (χ3v) is 6.59. The van der Waals surface area contributed by atoms with Crippen LogP contribution in [0.5, 0.6) is 0 Å². The zero-order chi connectivity index (χ0) is 16.0. The Kier molecular flexibility index (Phi) is 4.01. The number of halogens is 1. The van der Waals surface area contributed by atoms with Crippen LogP contribution in [0.2, 0.25) is 0 Å². The topological polar surface area (TPSA) is 41.1 Å². The molecule has 0 unspecified atom stereocenters. The van der Waals surface area contributed by atoms with E-state index in [2.05, 4.69) is 26.6 Å². The van der Waals surface area contributed by atoms with Gasteiger partial charge in [-0.2, -0.15) is 0 Å². The van der Waals surface area contributed by atoms with Crippen molar-refractivity contribution in [1.29, 1.82) is 0 Å². The normalized spacial score (nSPS) is 36.0. The quantitative estimate of drug-likeness (QED) is 0.820. The molecule has 124 valence electrons. The fourth-order valence-electron chi connectivity index (χ4n) is 5.60. The second kappa shape index (κ2) is 5.89. The lowest BCUT2D eigenvalue weighted by Crippen LogP contribution is -2.62. The number of carbonyl (C=O) groups excluding carboxylic acids is 1. The number of carbonyl (C=O) groups is 1. The average molecular weight is 377 g/mol. The van der Waals surface area contributed by atoms with E-state index >= 15 is 0 Å². The van der Waals surface area contributed by atoms with E-state index in [9.17, 15) is 4.79 Å². The predicted molar refractivity (Wildman–Crippen MR) is 96.3 cm³/mol. The third-order valence-electron chi connectivity index (χ3n) is 6.07. The molecule has 0 spiro atoms. The van der Waals surface area contributed by atoms with Gasteiger partial charge in [0.1, 0.15) is 0 Å². The van der Waals surface area contributed by atoms with E-state index in [1.54, 1.807) is 0 Å². The van der Waals surface area contributed by atoms with Crippen molar-refractivity contribution in [2.45, 2.75) is 57.0 Å². The van der Waals surface area contributed by atoms with Crippen LogP contribution < -0.4 is 10.6 Å². The number of nitrogens with one attached hydrogen (secondary N) is 2. The molecule has 0 heterocycles. The van der Waals surface area contributed by atoms with E-state index in [4.69, 9.17) is 0 Å². The van der Waals surface area contributed by atoms with Crippen LogP contribution in [0.15, 0.2) is 28.7 Å². The van der Waals surface area contributed by atoms with Crippen molar-refractivity contribution in [2.75, 3.05) is 5.32 Å². The molecule has 0 radical (unpaired) electrons. The van der Waals surface area contributed by atoms with E-state index in [1.807, 2.05) is 31.2 Å². The summed E-state index contributed by atoms with van der Waals surface area (Å²) in [6.07, 6.45) is 8.11. The molecule has 0 aromatic heterocycles. The minimum atomic E-state index is -0.144. The number of hydrogen-bond donors (Lipinski definition) is 2. The van der Waals surface area contributed by atoms with Crippen LogP contribution >= 0.6 is 15.9 Å². The summed E-state index contributed by atoms with van der Waals surface area (Å²) < 4.78 is 1.02. The monoisotopic (exact) mass is 376 g/mol. The molecule has 0 saturated heterocycles. The number of amides is 1. The largest absolute Gasteiger partial charge is 0.325 e. The Morgan fingerprint density at radius 3 is 2.13 bits per heavy atom. The van der Waals surface area contributed by atoms with Crippen molar-refractivity contribution in [1.82, 2.24) is 5.32 Å². The molecule has 4 heteroatoms. The molecule has 2 N–H and O–H groups in total. The molecular weight excluding hydrogens is 352 g/mol. The van der Waals surface area contributed by atoms with Gasteiger partial charge in [0, 0.05) is 15.7 Å². The highest BCUT2D eigenvalue weighted by atomic mass is 79.9. The van der Waals surface area contributed by atoms with Crippen LogP contribution in [0.25, 0.3) is 0 Å². The number of anilines is 1. The SMILES string of the molecule is C[C@H](NC12CC3CC(CC(C3)C1)C2)C(=O)Nc1ccc(Br)cc1. The maximum absolute atomic E-state index is 12.5. The van der Waals surface area contributed by atoms with Gasteiger partial charge in [-0.05, 0) is 87.5 Å². The first kappa shape index (κ1) is 15.6. The Bertz CT molecular complexity index is 563. The molecule has 23 heavy (non-hydrogen) atoms. The minimum Gasteiger partial charge on any atom is -0.325 e. The summed E-state index contributed by atoms with van der Waals surface area (Å²) in [5.74, 6) is 2.77. The van der Waals surface area contributed by atoms with Gasteiger partial charge < -0.3 is 10.6 Å². The molecule has 0 aliphatic heterocycles. The number of hydrogen-bond acceptors (Lipinski definition) is 2. The van der Waals surface area contributed by atoms with Gasteiger partial charge in [-0.1, -0.05) is 15.9 Å². The van der Waals surface area contributed by atoms with Crippen molar-refractivity contribution >= 4 is 27.5 Å². The summed E-state index contributed by atoms with van der Waals surface area (Å²) in [6.45, 7) is 2.01. The molecule has 4 bridgehead atoms. The molecule has 1 atom stereocenters. The molecule has 1 aromatic rings. The van der Waals surface area contributed by atoms with Crippen LogP contribution in [0.4, 0.5) is 5.69 Å². The Morgan fingerprint density at radius 1 is 1.09 bits per heavy atom. The summed E-state index contributed by atoms with van der Waals surface area (Å²) in [6, 6.07) is 7.62. The molecule has 3 nitrogen and oxygen atoms in total. The van der Waals surface area contributed by atoms with Crippen LogP contribution in [-0.2, 0) is 4.79 Å². The van der Waals surface area contributed by atoms with Gasteiger partial charge in [-0.3, -0.25) is 4.79 Å². The predicted octanol–water partition coefficient (Wildman–Crippen LogP) is 4.33. The molecule has 1 amide bonds. The lowest BCUT2D eigenvalue weighted by Gasteiger charge is -2.57. The number of rotatable bonds is 4. The molecular formula is C19H25BrN2O. The lowest BCUT2D eigenvalue weighted by atomic mass is 9.53. The first-order valence-corrected chi connectivity index (χ1v) is 9.65. The second-order valence-corrected chi connectivity index (χ2v) is 8.98. The van der Waals surface area contributed by atoms with Crippen LogP contribution in [0, 0.1) is 17.8 Å². The maximum Gasteiger partial charge on any atom is 0.241 e. The van der Waals surface area contributed by atoms with Crippen LogP contribution in [0.3, 0.4) is 0 Å². The maximum atomic E-state index is 12.5. The van der Waals surface area contributed by atoms with Gasteiger partial charge in [0.2, 0.25) is 5.91 Å². The van der Waals surface area contributed by atoms with Gasteiger partial charge in [-0.25, -0.2) is 0 Å². The average Bonchev–Trinajstić information content (AvgIpc) is 2.47. The molecule has 4 saturated carbocycles. The Balaban J connectivity index is 1.40. The molecule has 4 fully saturated rings. The summed E-state index contributed by atoms with van der Waals surface area (Å²) >= 11 is 3.42. The van der Waals surface area contributed by atoms with Crippen molar-refractivity contribution in [3.63, 3.8) is 0 Å². The molecule has 5 rings (SSSR count).